The molecule has 0 radical (unpaired) electrons. The maximum absolute atomic E-state index is 12.4. The van der Waals surface area contributed by atoms with Gasteiger partial charge >= 0.3 is 0 Å². The van der Waals surface area contributed by atoms with Crippen LogP contribution in [0.25, 0.3) is 0 Å². The number of rotatable bonds is 1. The van der Waals surface area contributed by atoms with Gasteiger partial charge in [0, 0.05) is 24.0 Å². The Kier molecular flexibility index (Phi) is 3.72. The number of halogens is 1. The van der Waals surface area contributed by atoms with E-state index in [1.165, 1.54) is 0 Å². The van der Waals surface area contributed by atoms with Crippen LogP contribution in [0.3, 0.4) is 0 Å². The van der Waals surface area contributed by atoms with Crippen molar-refractivity contribution in [2.75, 3.05) is 13.1 Å². The summed E-state index contributed by atoms with van der Waals surface area (Å²) < 4.78 is 0. The molecule has 0 aliphatic carbocycles. The zero-order valence-electron chi connectivity index (χ0n) is 10.4. The van der Waals surface area contributed by atoms with E-state index in [1.54, 1.807) is 0 Å². The molecule has 0 atom stereocenters. The summed E-state index contributed by atoms with van der Waals surface area (Å²) in [5.74, 6) is 0.157. The van der Waals surface area contributed by atoms with Crippen LogP contribution in [0, 0.1) is 13.8 Å². The van der Waals surface area contributed by atoms with Crippen molar-refractivity contribution in [3.8, 4) is 0 Å². The number of alkyl halides is 1. The minimum Gasteiger partial charge on any atom is -0.339 e. The Labute approximate surface area is 108 Å². The lowest BCUT2D eigenvalue weighted by atomic mass is 10.0. The molecule has 1 aliphatic heterocycles. The van der Waals surface area contributed by atoms with E-state index in [4.69, 9.17) is 11.6 Å². The van der Waals surface area contributed by atoms with E-state index < -0.39 is 0 Å². The molecule has 2 nitrogen and oxygen atoms in total. The van der Waals surface area contributed by atoms with Crippen molar-refractivity contribution in [2.45, 2.75) is 32.1 Å². The zero-order chi connectivity index (χ0) is 12.4. The summed E-state index contributed by atoms with van der Waals surface area (Å²) in [4.78, 5) is 14.4. The third-order valence-electron chi connectivity index (χ3n) is 3.41. The SMILES string of the molecule is Cc1cccc(C)c1C(=O)N1CCC(Cl)CC1. The number of carbonyl (C=O) groups excluding carboxylic acids is 1. The highest BCUT2D eigenvalue weighted by Crippen LogP contribution is 2.21. The Morgan fingerprint density at radius 1 is 1.24 bits per heavy atom. The molecular formula is C14H18ClNO. The first kappa shape index (κ1) is 12.4. The molecule has 17 heavy (non-hydrogen) atoms. The van der Waals surface area contributed by atoms with E-state index in [1.807, 2.05) is 36.9 Å². The first-order valence-corrected chi connectivity index (χ1v) is 6.53. The Bertz CT molecular complexity index is 402. The van der Waals surface area contributed by atoms with Gasteiger partial charge in [-0.3, -0.25) is 4.79 Å². The van der Waals surface area contributed by atoms with Crippen molar-refractivity contribution < 1.29 is 4.79 Å². The molecular weight excluding hydrogens is 234 g/mol. The van der Waals surface area contributed by atoms with Crippen LogP contribution in [0.5, 0.6) is 0 Å². The second-order valence-corrected chi connectivity index (χ2v) is 5.35. The van der Waals surface area contributed by atoms with E-state index >= 15 is 0 Å². The number of piperidine rings is 1. The summed E-state index contributed by atoms with van der Waals surface area (Å²) >= 11 is 6.06. The molecule has 1 aliphatic rings. The van der Waals surface area contributed by atoms with Crippen molar-refractivity contribution in [2.24, 2.45) is 0 Å². The Morgan fingerprint density at radius 2 is 1.76 bits per heavy atom. The fourth-order valence-corrected chi connectivity index (χ4v) is 2.56. The molecule has 3 heteroatoms. The van der Waals surface area contributed by atoms with Gasteiger partial charge in [0.05, 0.1) is 0 Å². The van der Waals surface area contributed by atoms with Crippen molar-refractivity contribution in [3.63, 3.8) is 0 Å². The smallest absolute Gasteiger partial charge is 0.254 e. The van der Waals surface area contributed by atoms with Gasteiger partial charge in [-0.25, -0.2) is 0 Å². The fraction of sp³-hybridized carbons (Fsp3) is 0.500. The first-order chi connectivity index (χ1) is 8.09. The third kappa shape index (κ3) is 2.63. The summed E-state index contributed by atoms with van der Waals surface area (Å²) in [6.45, 7) is 5.55. The van der Waals surface area contributed by atoms with E-state index in [0.717, 1.165) is 42.6 Å². The van der Waals surface area contributed by atoms with Gasteiger partial charge in [0.25, 0.3) is 5.91 Å². The minimum atomic E-state index is 0.157. The highest BCUT2D eigenvalue weighted by molar-refractivity contribution is 6.20. The Morgan fingerprint density at radius 3 is 2.29 bits per heavy atom. The maximum atomic E-state index is 12.4. The second kappa shape index (κ2) is 5.09. The molecule has 92 valence electrons. The molecule has 0 bridgehead atoms. The molecule has 0 saturated carbocycles. The molecule has 2 rings (SSSR count). The van der Waals surface area contributed by atoms with Gasteiger partial charge in [-0.15, -0.1) is 11.6 Å². The summed E-state index contributed by atoms with van der Waals surface area (Å²) in [6.07, 6.45) is 1.80. The second-order valence-electron chi connectivity index (χ2n) is 4.73. The average molecular weight is 252 g/mol. The molecule has 0 aromatic heterocycles. The van der Waals surface area contributed by atoms with Crippen LogP contribution in [0.2, 0.25) is 0 Å². The van der Waals surface area contributed by atoms with Gasteiger partial charge in [-0.1, -0.05) is 18.2 Å². The van der Waals surface area contributed by atoms with Gasteiger partial charge in [0.1, 0.15) is 0 Å². The van der Waals surface area contributed by atoms with Crippen LogP contribution in [0.1, 0.15) is 34.3 Å². The van der Waals surface area contributed by atoms with E-state index in [2.05, 4.69) is 0 Å². The quantitative estimate of drug-likeness (QED) is 0.703. The number of benzene rings is 1. The number of hydrogen-bond donors (Lipinski definition) is 0. The lowest BCUT2D eigenvalue weighted by Gasteiger charge is -2.30. The standard InChI is InChI=1S/C14H18ClNO/c1-10-4-3-5-11(2)13(10)14(17)16-8-6-12(15)7-9-16/h3-5,12H,6-9H2,1-2H3. The van der Waals surface area contributed by atoms with E-state index in [9.17, 15) is 4.79 Å². The third-order valence-corrected chi connectivity index (χ3v) is 3.84. The topological polar surface area (TPSA) is 20.3 Å². The first-order valence-electron chi connectivity index (χ1n) is 6.09. The molecule has 0 spiro atoms. The van der Waals surface area contributed by atoms with Crippen LogP contribution in [0.4, 0.5) is 0 Å². The van der Waals surface area contributed by atoms with Gasteiger partial charge in [0.15, 0.2) is 0 Å². The maximum Gasteiger partial charge on any atom is 0.254 e. The highest BCUT2D eigenvalue weighted by atomic mass is 35.5. The molecule has 1 fully saturated rings. The van der Waals surface area contributed by atoms with E-state index in [-0.39, 0.29) is 11.3 Å². The predicted molar refractivity (Wildman–Crippen MR) is 70.7 cm³/mol. The predicted octanol–water partition coefficient (Wildman–Crippen LogP) is 3.15. The molecule has 1 heterocycles. The molecule has 0 N–H and O–H groups in total. The fourth-order valence-electron chi connectivity index (χ4n) is 2.36. The van der Waals surface area contributed by atoms with Crippen LogP contribution >= 0.6 is 11.6 Å². The largest absolute Gasteiger partial charge is 0.339 e. The summed E-state index contributed by atoms with van der Waals surface area (Å²) in [6, 6.07) is 5.98. The zero-order valence-corrected chi connectivity index (χ0v) is 11.1. The van der Waals surface area contributed by atoms with Crippen LogP contribution in [-0.4, -0.2) is 29.3 Å². The monoisotopic (exact) mass is 251 g/mol. The summed E-state index contributed by atoms with van der Waals surface area (Å²) in [5.41, 5.74) is 2.98. The molecule has 1 aromatic rings. The molecule has 1 saturated heterocycles. The molecule has 1 aromatic carbocycles. The number of nitrogens with zero attached hydrogens (tertiary/aromatic N) is 1. The number of likely N-dealkylation sites (tertiary alicyclic amines) is 1. The van der Waals surface area contributed by atoms with Gasteiger partial charge in [-0.05, 0) is 37.8 Å². The van der Waals surface area contributed by atoms with E-state index in [0.29, 0.717) is 0 Å². The van der Waals surface area contributed by atoms with Gasteiger partial charge < -0.3 is 4.90 Å². The lowest BCUT2D eigenvalue weighted by Crippen LogP contribution is -2.39. The van der Waals surface area contributed by atoms with Crippen molar-refractivity contribution >= 4 is 17.5 Å². The number of amides is 1. The lowest BCUT2D eigenvalue weighted by molar-refractivity contribution is 0.0725. The van der Waals surface area contributed by atoms with Crippen LogP contribution < -0.4 is 0 Å². The molecule has 0 unspecified atom stereocenters. The normalized spacial score (nSPS) is 17.2. The van der Waals surface area contributed by atoms with Gasteiger partial charge in [-0.2, -0.15) is 0 Å². The highest BCUT2D eigenvalue weighted by Gasteiger charge is 2.24. The number of hydrogen-bond acceptors (Lipinski definition) is 1. The minimum absolute atomic E-state index is 0.157. The van der Waals surface area contributed by atoms with Crippen LogP contribution in [0.15, 0.2) is 18.2 Å². The number of aryl methyl sites for hydroxylation is 2. The summed E-state index contributed by atoms with van der Waals surface area (Å²) in [5, 5.41) is 0.233. The van der Waals surface area contributed by atoms with Crippen LogP contribution in [-0.2, 0) is 0 Å². The Hall–Kier alpha value is -1.02. The average Bonchev–Trinajstić information content (AvgIpc) is 2.29. The van der Waals surface area contributed by atoms with Crippen molar-refractivity contribution in [1.29, 1.82) is 0 Å². The Balaban J connectivity index is 2.20. The van der Waals surface area contributed by atoms with Crippen molar-refractivity contribution in [1.82, 2.24) is 4.90 Å². The van der Waals surface area contributed by atoms with Crippen molar-refractivity contribution in [3.05, 3.63) is 34.9 Å². The molecule has 1 amide bonds. The number of carbonyl (C=O) groups is 1. The van der Waals surface area contributed by atoms with Gasteiger partial charge in [0.2, 0.25) is 0 Å². The summed E-state index contributed by atoms with van der Waals surface area (Å²) in [7, 11) is 0.